The van der Waals surface area contributed by atoms with Gasteiger partial charge in [0.2, 0.25) is 15.8 Å². The normalized spacial score (nSPS) is 11.5. The lowest BCUT2D eigenvalue weighted by molar-refractivity contribution is 0.103. The Hall–Kier alpha value is -2.57. The summed E-state index contributed by atoms with van der Waals surface area (Å²) in [5.74, 6) is -0.0446. The fourth-order valence-corrected chi connectivity index (χ4v) is 4.18. The summed E-state index contributed by atoms with van der Waals surface area (Å²) in [5, 5.41) is 0.593. The van der Waals surface area contributed by atoms with E-state index in [0.29, 0.717) is 28.4 Å². The van der Waals surface area contributed by atoms with E-state index in [-0.39, 0.29) is 5.78 Å². The van der Waals surface area contributed by atoms with Gasteiger partial charge in [0.15, 0.2) is 0 Å². The fourth-order valence-electron chi connectivity index (χ4n) is 3.42. The molecule has 29 heavy (non-hydrogen) atoms. The van der Waals surface area contributed by atoms with E-state index in [9.17, 15) is 13.2 Å². The molecule has 0 unspecified atom stereocenters. The van der Waals surface area contributed by atoms with E-state index in [4.69, 9.17) is 11.6 Å². The third kappa shape index (κ3) is 4.89. The van der Waals surface area contributed by atoms with Gasteiger partial charge in [0, 0.05) is 29.7 Å². The van der Waals surface area contributed by atoms with Gasteiger partial charge in [-0.25, -0.2) is 8.42 Å². The number of hydrogen-bond acceptors (Lipinski definition) is 3. The minimum atomic E-state index is -3.32. The number of hydrogen-bond donors (Lipinski definition) is 1. The first-order valence-electron chi connectivity index (χ1n) is 9.08. The van der Waals surface area contributed by atoms with Crippen LogP contribution >= 0.6 is 11.6 Å². The van der Waals surface area contributed by atoms with E-state index in [1.165, 1.54) is 0 Å². The molecule has 152 valence electrons. The van der Waals surface area contributed by atoms with Crippen LogP contribution in [0.2, 0.25) is 5.02 Å². The summed E-state index contributed by atoms with van der Waals surface area (Å²) in [4.78, 5) is 13.0. The Bertz CT molecular complexity index is 1180. The second kappa shape index (κ2) is 8.05. The van der Waals surface area contributed by atoms with Gasteiger partial charge in [0.1, 0.15) is 0 Å². The topological polar surface area (TPSA) is 68.2 Å². The Balaban J connectivity index is 1.88. The van der Waals surface area contributed by atoms with Crippen molar-refractivity contribution in [2.75, 3.05) is 11.0 Å². The standard InChI is InChI=1S/C22H23ClN2O3S/c1-14-11-16(5-10-20(14)24-29(4,27)28)13-19-12-15(2)21(25(19)3)22(26)17-6-8-18(23)9-7-17/h5-12,24H,13H2,1-4H3. The molecule has 3 aromatic rings. The summed E-state index contributed by atoms with van der Waals surface area (Å²) >= 11 is 5.92. The molecule has 0 saturated heterocycles. The monoisotopic (exact) mass is 430 g/mol. The van der Waals surface area contributed by atoms with Crippen LogP contribution in [0.4, 0.5) is 5.69 Å². The number of halogens is 1. The number of carbonyl (C=O) groups excluding carboxylic acids is 1. The van der Waals surface area contributed by atoms with Crippen molar-refractivity contribution in [3.05, 3.63) is 87.2 Å². The number of nitrogens with one attached hydrogen (secondary N) is 1. The number of carbonyl (C=O) groups is 1. The Labute approximate surface area is 176 Å². The third-order valence-electron chi connectivity index (χ3n) is 4.82. The van der Waals surface area contributed by atoms with Crippen LogP contribution in [0.25, 0.3) is 0 Å². The summed E-state index contributed by atoms with van der Waals surface area (Å²) in [5.41, 5.74) is 5.60. The molecule has 0 aliphatic rings. The van der Waals surface area contributed by atoms with Gasteiger partial charge in [0.05, 0.1) is 17.6 Å². The number of aryl methyl sites for hydroxylation is 2. The Morgan fingerprint density at radius 3 is 2.28 bits per heavy atom. The van der Waals surface area contributed by atoms with E-state index < -0.39 is 10.0 Å². The van der Waals surface area contributed by atoms with Crippen molar-refractivity contribution in [3.63, 3.8) is 0 Å². The highest BCUT2D eigenvalue weighted by atomic mass is 35.5. The van der Waals surface area contributed by atoms with Crippen molar-refractivity contribution in [1.82, 2.24) is 4.57 Å². The number of sulfonamides is 1. The van der Waals surface area contributed by atoms with Crippen molar-refractivity contribution >= 4 is 33.1 Å². The highest BCUT2D eigenvalue weighted by Gasteiger charge is 2.19. The van der Waals surface area contributed by atoms with Gasteiger partial charge in [-0.15, -0.1) is 0 Å². The van der Waals surface area contributed by atoms with Crippen LogP contribution in [0.5, 0.6) is 0 Å². The molecular formula is C22H23ClN2O3S. The highest BCUT2D eigenvalue weighted by molar-refractivity contribution is 7.92. The third-order valence-corrected chi connectivity index (χ3v) is 5.66. The molecule has 0 aliphatic carbocycles. The first-order valence-corrected chi connectivity index (χ1v) is 11.3. The van der Waals surface area contributed by atoms with Crippen molar-refractivity contribution in [1.29, 1.82) is 0 Å². The van der Waals surface area contributed by atoms with Gasteiger partial charge in [-0.05, 0) is 66.9 Å². The van der Waals surface area contributed by atoms with Crippen molar-refractivity contribution in [2.24, 2.45) is 7.05 Å². The van der Waals surface area contributed by atoms with Crippen molar-refractivity contribution < 1.29 is 13.2 Å². The Morgan fingerprint density at radius 1 is 1.03 bits per heavy atom. The summed E-state index contributed by atoms with van der Waals surface area (Å²) in [6, 6.07) is 14.5. The predicted molar refractivity (Wildman–Crippen MR) is 117 cm³/mol. The minimum Gasteiger partial charge on any atom is -0.344 e. The average Bonchev–Trinajstić information content (AvgIpc) is 2.90. The van der Waals surface area contributed by atoms with E-state index in [0.717, 1.165) is 28.6 Å². The lowest BCUT2D eigenvalue weighted by Gasteiger charge is -2.11. The molecule has 0 aliphatic heterocycles. The van der Waals surface area contributed by atoms with Crippen LogP contribution in [0, 0.1) is 13.8 Å². The highest BCUT2D eigenvalue weighted by Crippen LogP contribution is 2.24. The number of anilines is 1. The Kier molecular flexibility index (Phi) is 5.87. The zero-order valence-corrected chi connectivity index (χ0v) is 18.4. The first-order chi connectivity index (χ1) is 13.5. The van der Waals surface area contributed by atoms with Crippen LogP contribution < -0.4 is 4.72 Å². The zero-order valence-electron chi connectivity index (χ0n) is 16.8. The van der Waals surface area contributed by atoms with Crippen molar-refractivity contribution in [3.8, 4) is 0 Å². The van der Waals surface area contributed by atoms with Gasteiger partial charge >= 0.3 is 0 Å². The smallest absolute Gasteiger partial charge is 0.229 e. The fraction of sp³-hybridized carbons (Fsp3) is 0.227. The lowest BCUT2D eigenvalue weighted by atomic mass is 10.1. The van der Waals surface area contributed by atoms with Gasteiger partial charge in [0.25, 0.3) is 0 Å². The minimum absolute atomic E-state index is 0.0446. The van der Waals surface area contributed by atoms with Crippen LogP contribution in [0.15, 0.2) is 48.5 Å². The number of nitrogens with zero attached hydrogens (tertiary/aromatic N) is 1. The molecular weight excluding hydrogens is 408 g/mol. The molecule has 3 rings (SSSR count). The molecule has 0 fully saturated rings. The molecule has 0 bridgehead atoms. The van der Waals surface area contributed by atoms with Gasteiger partial charge in [-0.2, -0.15) is 0 Å². The second-order valence-electron chi connectivity index (χ2n) is 7.26. The summed E-state index contributed by atoms with van der Waals surface area (Å²) in [6.45, 7) is 3.79. The number of ketones is 1. The van der Waals surface area contributed by atoms with E-state index in [1.807, 2.05) is 43.7 Å². The van der Waals surface area contributed by atoms with E-state index in [2.05, 4.69) is 4.72 Å². The maximum atomic E-state index is 13.0. The molecule has 7 heteroatoms. The van der Waals surface area contributed by atoms with Gasteiger partial charge in [-0.3, -0.25) is 9.52 Å². The largest absolute Gasteiger partial charge is 0.344 e. The van der Waals surface area contributed by atoms with E-state index in [1.54, 1.807) is 30.3 Å². The summed E-state index contributed by atoms with van der Waals surface area (Å²) in [6.07, 6.45) is 1.76. The van der Waals surface area contributed by atoms with E-state index >= 15 is 0 Å². The molecule has 0 saturated carbocycles. The van der Waals surface area contributed by atoms with Crippen LogP contribution in [-0.2, 0) is 23.5 Å². The number of rotatable bonds is 6. The van der Waals surface area contributed by atoms with Crippen molar-refractivity contribution in [2.45, 2.75) is 20.3 Å². The summed E-state index contributed by atoms with van der Waals surface area (Å²) in [7, 11) is -1.43. The maximum Gasteiger partial charge on any atom is 0.229 e. The number of benzene rings is 2. The average molecular weight is 431 g/mol. The quantitative estimate of drug-likeness (QED) is 0.586. The SMILES string of the molecule is Cc1cc(Cc2cc(C)c(C(=O)c3ccc(Cl)cc3)n2C)ccc1NS(C)(=O)=O. The molecule has 0 radical (unpaired) electrons. The molecule has 1 N–H and O–H groups in total. The zero-order chi connectivity index (χ0) is 21.3. The van der Waals surface area contributed by atoms with Crippen LogP contribution in [-0.4, -0.2) is 25.0 Å². The molecule has 0 atom stereocenters. The first kappa shape index (κ1) is 21.1. The molecule has 0 amide bonds. The molecule has 0 spiro atoms. The van der Waals surface area contributed by atoms with Crippen LogP contribution in [0.3, 0.4) is 0 Å². The molecule has 1 heterocycles. The molecule has 5 nitrogen and oxygen atoms in total. The predicted octanol–water partition coefficient (Wildman–Crippen LogP) is 4.49. The molecule has 1 aromatic heterocycles. The van der Waals surface area contributed by atoms with Gasteiger partial charge in [-0.1, -0.05) is 23.7 Å². The molecule has 2 aromatic carbocycles. The Morgan fingerprint density at radius 2 is 1.69 bits per heavy atom. The second-order valence-corrected chi connectivity index (χ2v) is 9.45. The van der Waals surface area contributed by atoms with Crippen LogP contribution in [0.1, 0.15) is 38.4 Å². The van der Waals surface area contributed by atoms with Gasteiger partial charge < -0.3 is 4.57 Å². The number of aromatic nitrogens is 1. The summed E-state index contributed by atoms with van der Waals surface area (Å²) < 4.78 is 27.4. The maximum absolute atomic E-state index is 13.0. The lowest BCUT2D eigenvalue weighted by Crippen LogP contribution is -2.11.